The van der Waals surface area contributed by atoms with Gasteiger partial charge in [0.2, 0.25) is 0 Å². The molecule has 1 heterocycles. The first-order valence-corrected chi connectivity index (χ1v) is 13.7. The second-order valence-electron chi connectivity index (χ2n) is 9.57. The van der Waals surface area contributed by atoms with Gasteiger partial charge < -0.3 is 19.9 Å². The molecular weight excluding hydrogens is 553 g/mol. The van der Waals surface area contributed by atoms with Crippen molar-refractivity contribution in [2.24, 2.45) is 4.99 Å². The second-order valence-corrected chi connectivity index (χ2v) is 10.4. The number of nitrogens with zero attached hydrogens (tertiary/aromatic N) is 2. The minimum atomic E-state index is -0.923. The third kappa shape index (κ3) is 6.87. The molecule has 1 aliphatic heterocycles. The lowest BCUT2D eigenvalue weighted by atomic mass is 9.94. The number of benzene rings is 3. The van der Waals surface area contributed by atoms with E-state index < -0.39 is 24.1 Å². The average molecular weight is 585 g/mol. The monoisotopic (exact) mass is 583 g/mol. The molecule has 210 valence electrons. The van der Waals surface area contributed by atoms with Gasteiger partial charge in [0, 0.05) is 29.1 Å². The first kappa shape index (κ1) is 29.2. The summed E-state index contributed by atoms with van der Waals surface area (Å²) in [7, 11) is 1.57. The highest BCUT2D eigenvalue weighted by molar-refractivity contribution is 6.30. The van der Waals surface area contributed by atoms with Gasteiger partial charge >= 0.3 is 12.0 Å². The van der Waals surface area contributed by atoms with Crippen LogP contribution < -0.4 is 14.8 Å². The maximum Gasteiger partial charge on any atom is 0.323 e. The molecule has 8 nitrogen and oxygen atoms in total. The number of urea groups is 1. The Kier molecular flexibility index (Phi) is 9.55. The molecule has 0 fully saturated rings. The van der Waals surface area contributed by atoms with Gasteiger partial charge in [-0.3, -0.25) is 14.7 Å². The standard InChI is InChI=1S/C30H31Cl2N3O5/c1-18(2)40-25-17-23(39-3)14-15-24(25)29-34-27(19-6-10-21(31)11-7-19)28(20-8-12-22(32)13-9-20)35(29)30(38)33-16-4-5-26(36)37/h6-15,17-18,27-28H,4-5,16H2,1-3H3,(H,33,38)(H,36,37)/t27-,28+/m1/s1. The Morgan fingerprint density at radius 3 is 2.20 bits per heavy atom. The van der Waals surface area contributed by atoms with Gasteiger partial charge in [-0.2, -0.15) is 0 Å². The van der Waals surface area contributed by atoms with Gasteiger partial charge in [0.05, 0.1) is 24.8 Å². The minimum absolute atomic E-state index is 0.0555. The number of halogens is 2. The fraction of sp³-hybridized carbons (Fsp3) is 0.300. The molecule has 0 aliphatic carbocycles. The topological polar surface area (TPSA) is 100 Å². The van der Waals surface area contributed by atoms with Crippen LogP contribution in [-0.2, 0) is 4.79 Å². The third-order valence-corrected chi connectivity index (χ3v) is 6.85. The SMILES string of the molecule is COc1ccc(C2=N[C@H](c3ccc(Cl)cc3)[C@H](c3ccc(Cl)cc3)N2C(=O)NCCCC(=O)O)c(OC(C)C)c1. The molecule has 0 bridgehead atoms. The zero-order chi connectivity index (χ0) is 28.8. The predicted octanol–water partition coefficient (Wildman–Crippen LogP) is 6.91. The Morgan fingerprint density at radius 2 is 1.62 bits per heavy atom. The lowest BCUT2D eigenvalue weighted by molar-refractivity contribution is -0.137. The van der Waals surface area contributed by atoms with Crippen molar-refractivity contribution in [2.75, 3.05) is 13.7 Å². The molecule has 0 spiro atoms. The number of carbonyl (C=O) groups excluding carboxylic acids is 1. The molecule has 4 rings (SSSR count). The van der Waals surface area contributed by atoms with Crippen molar-refractivity contribution in [1.29, 1.82) is 0 Å². The van der Waals surface area contributed by atoms with Crippen molar-refractivity contribution in [3.8, 4) is 11.5 Å². The Morgan fingerprint density at radius 1 is 1.00 bits per heavy atom. The number of carbonyl (C=O) groups is 2. The van der Waals surface area contributed by atoms with Crippen LogP contribution in [0.25, 0.3) is 0 Å². The summed E-state index contributed by atoms with van der Waals surface area (Å²) in [4.78, 5) is 31.6. The molecule has 2 atom stereocenters. The Bertz CT molecular complexity index is 1380. The average Bonchev–Trinajstić information content (AvgIpc) is 3.31. The number of methoxy groups -OCH3 is 1. The zero-order valence-electron chi connectivity index (χ0n) is 22.4. The van der Waals surface area contributed by atoms with Gasteiger partial charge in [-0.1, -0.05) is 47.5 Å². The molecule has 0 unspecified atom stereocenters. The highest BCUT2D eigenvalue weighted by Crippen LogP contribution is 2.45. The summed E-state index contributed by atoms with van der Waals surface area (Å²) < 4.78 is 11.6. The molecule has 40 heavy (non-hydrogen) atoms. The number of nitrogens with one attached hydrogen (secondary N) is 1. The molecular formula is C30H31Cl2N3O5. The number of rotatable bonds is 10. The second kappa shape index (κ2) is 13.1. The summed E-state index contributed by atoms with van der Waals surface area (Å²) in [6.45, 7) is 4.02. The van der Waals surface area contributed by atoms with Crippen molar-refractivity contribution in [2.45, 2.75) is 44.9 Å². The molecule has 1 aliphatic rings. The van der Waals surface area contributed by atoms with Crippen molar-refractivity contribution >= 4 is 41.0 Å². The zero-order valence-corrected chi connectivity index (χ0v) is 23.9. The number of ether oxygens (including phenoxy) is 2. The number of aliphatic carboxylic acids is 1. The van der Waals surface area contributed by atoms with Gasteiger partial charge in [0.15, 0.2) is 0 Å². The van der Waals surface area contributed by atoms with Gasteiger partial charge in [-0.15, -0.1) is 0 Å². The third-order valence-electron chi connectivity index (χ3n) is 6.34. The lowest BCUT2D eigenvalue weighted by Crippen LogP contribution is -2.44. The van der Waals surface area contributed by atoms with Crippen molar-refractivity contribution < 1.29 is 24.2 Å². The number of amidine groups is 1. The summed E-state index contributed by atoms with van der Waals surface area (Å²) in [5, 5.41) is 13.1. The predicted molar refractivity (Wildman–Crippen MR) is 156 cm³/mol. The number of carboxylic acid groups (broad SMARTS) is 1. The number of amides is 2. The van der Waals surface area contributed by atoms with E-state index in [0.29, 0.717) is 32.9 Å². The maximum absolute atomic E-state index is 13.9. The molecule has 3 aromatic carbocycles. The number of carboxylic acids is 1. The number of hydrogen-bond acceptors (Lipinski definition) is 5. The van der Waals surface area contributed by atoms with Crippen LogP contribution in [0.2, 0.25) is 10.0 Å². The van der Waals surface area contributed by atoms with Crippen LogP contribution in [0.1, 0.15) is 55.5 Å². The van der Waals surface area contributed by atoms with Gasteiger partial charge in [-0.25, -0.2) is 4.79 Å². The van der Waals surface area contributed by atoms with E-state index in [2.05, 4.69) is 5.32 Å². The van der Waals surface area contributed by atoms with Crippen LogP contribution in [0, 0.1) is 0 Å². The van der Waals surface area contributed by atoms with Crippen molar-refractivity contribution in [3.05, 3.63) is 93.5 Å². The summed E-state index contributed by atoms with van der Waals surface area (Å²) in [5.41, 5.74) is 2.30. The number of hydrogen-bond donors (Lipinski definition) is 2. The fourth-order valence-electron chi connectivity index (χ4n) is 4.55. The molecule has 3 aromatic rings. The van der Waals surface area contributed by atoms with E-state index in [1.807, 2.05) is 44.2 Å². The summed E-state index contributed by atoms with van der Waals surface area (Å²) in [6.07, 6.45) is 0.0862. The first-order chi connectivity index (χ1) is 19.2. The lowest BCUT2D eigenvalue weighted by Gasteiger charge is -2.30. The molecule has 10 heteroatoms. The molecule has 0 aromatic heterocycles. The van der Waals surface area contributed by atoms with Crippen molar-refractivity contribution in [3.63, 3.8) is 0 Å². The summed E-state index contributed by atoms with van der Waals surface area (Å²) in [5.74, 6) is 0.608. The van der Waals surface area contributed by atoms with Crippen LogP contribution in [0.5, 0.6) is 11.5 Å². The first-order valence-electron chi connectivity index (χ1n) is 12.9. The van der Waals surface area contributed by atoms with E-state index in [1.54, 1.807) is 48.4 Å². The van der Waals surface area contributed by atoms with Crippen LogP contribution >= 0.6 is 23.2 Å². The highest BCUT2D eigenvalue weighted by Gasteiger charge is 2.43. The van der Waals surface area contributed by atoms with E-state index >= 15 is 0 Å². The molecule has 2 N–H and O–H groups in total. The normalized spacial score (nSPS) is 16.6. The van der Waals surface area contributed by atoms with Crippen LogP contribution in [-0.4, -0.2) is 47.6 Å². The quantitative estimate of drug-likeness (QED) is 0.252. The van der Waals surface area contributed by atoms with Crippen molar-refractivity contribution in [1.82, 2.24) is 10.2 Å². The van der Waals surface area contributed by atoms with Gasteiger partial charge in [0.1, 0.15) is 23.4 Å². The van der Waals surface area contributed by atoms with Crippen LogP contribution in [0.15, 0.2) is 71.7 Å². The highest BCUT2D eigenvalue weighted by atomic mass is 35.5. The Balaban J connectivity index is 1.86. The van der Waals surface area contributed by atoms with E-state index in [-0.39, 0.29) is 25.5 Å². The van der Waals surface area contributed by atoms with E-state index in [4.69, 9.17) is 42.8 Å². The fourth-order valence-corrected chi connectivity index (χ4v) is 4.81. The summed E-state index contributed by atoms with van der Waals surface area (Å²) in [6, 6.07) is 18.6. The molecule has 2 amide bonds. The molecule has 0 saturated carbocycles. The molecule has 0 radical (unpaired) electrons. The molecule has 0 saturated heterocycles. The van der Waals surface area contributed by atoms with Crippen LogP contribution in [0.3, 0.4) is 0 Å². The van der Waals surface area contributed by atoms with E-state index in [0.717, 1.165) is 11.1 Å². The summed E-state index contributed by atoms with van der Waals surface area (Å²) >= 11 is 12.4. The largest absolute Gasteiger partial charge is 0.497 e. The van der Waals surface area contributed by atoms with E-state index in [1.165, 1.54) is 0 Å². The van der Waals surface area contributed by atoms with E-state index in [9.17, 15) is 9.59 Å². The minimum Gasteiger partial charge on any atom is -0.497 e. The maximum atomic E-state index is 13.9. The smallest absolute Gasteiger partial charge is 0.323 e. The van der Waals surface area contributed by atoms with Crippen LogP contribution in [0.4, 0.5) is 4.79 Å². The number of aliphatic imine (C=N–C) groups is 1. The Hall–Kier alpha value is -3.75. The van der Waals surface area contributed by atoms with Gasteiger partial charge in [-0.05, 0) is 67.8 Å². The van der Waals surface area contributed by atoms with Gasteiger partial charge in [0.25, 0.3) is 0 Å². The Labute approximate surface area is 243 Å².